The second-order valence-electron chi connectivity index (χ2n) is 4.44. The number of hydrogen-bond donors (Lipinski definition) is 1. The van der Waals surface area contributed by atoms with Crippen LogP contribution < -0.4 is 0 Å². The van der Waals surface area contributed by atoms with Gasteiger partial charge in [0.05, 0.1) is 5.69 Å². The van der Waals surface area contributed by atoms with Crippen molar-refractivity contribution in [3.8, 4) is 11.3 Å². The van der Waals surface area contributed by atoms with Crippen LogP contribution in [-0.4, -0.2) is 4.98 Å². The molecular weight excluding hydrogens is 246 g/mol. The molecule has 0 unspecified atom stereocenters. The maximum atomic E-state index is 5.26. The fraction of sp³-hybridized carbons (Fsp3) is 0.357. The molecule has 1 N–H and O–H groups in total. The van der Waals surface area contributed by atoms with Gasteiger partial charge in [-0.2, -0.15) is 0 Å². The van der Waals surface area contributed by atoms with E-state index in [0.717, 1.165) is 10.4 Å². The number of hydrogen-bond acceptors (Lipinski definition) is 2. The summed E-state index contributed by atoms with van der Waals surface area (Å²) >= 11 is 6.95. The molecule has 3 heteroatoms. The van der Waals surface area contributed by atoms with Crippen molar-refractivity contribution >= 4 is 23.6 Å². The van der Waals surface area contributed by atoms with Crippen molar-refractivity contribution < 1.29 is 0 Å². The molecule has 0 fully saturated rings. The molecule has 0 saturated carbocycles. The zero-order valence-electron chi connectivity index (χ0n) is 10.7. The molecule has 0 atom stereocenters. The number of H-pyrrole nitrogens is 1. The zero-order valence-corrected chi connectivity index (χ0v) is 12.3. The first-order valence-electron chi connectivity index (χ1n) is 5.83. The smallest absolute Gasteiger partial charge is 0.159 e. The number of nitrogens with one attached hydrogen (secondary N) is 1. The molecule has 2 aromatic rings. The highest BCUT2D eigenvalue weighted by Gasteiger charge is 2.12. The van der Waals surface area contributed by atoms with Crippen LogP contribution in [0.4, 0.5) is 0 Å². The Labute approximate surface area is 112 Å². The van der Waals surface area contributed by atoms with Crippen LogP contribution in [0.1, 0.15) is 28.5 Å². The molecule has 90 valence electrons. The normalized spacial score (nSPS) is 10.8. The van der Waals surface area contributed by atoms with E-state index >= 15 is 0 Å². The van der Waals surface area contributed by atoms with Crippen LogP contribution in [0.2, 0.25) is 0 Å². The van der Waals surface area contributed by atoms with Gasteiger partial charge < -0.3 is 4.98 Å². The zero-order chi connectivity index (χ0) is 12.6. The molecule has 0 spiro atoms. The van der Waals surface area contributed by atoms with Gasteiger partial charge in [-0.05, 0) is 50.5 Å². The summed E-state index contributed by atoms with van der Waals surface area (Å²) in [6.07, 6.45) is 1.03. The lowest BCUT2D eigenvalue weighted by Crippen LogP contribution is -1.92. The molecule has 1 aromatic heterocycles. The van der Waals surface area contributed by atoms with E-state index in [4.69, 9.17) is 12.2 Å². The van der Waals surface area contributed by atoms with Gasteiger partial charge in [0.1, 0.15) is 0 Å². The maximum absolute atomic E-state index is 5.26. The summed E-state index contributed by atoms with van der Waals surface area (Å²) in [5.41, 5.74) is 6.50. The standard InChI is InChI=1S/C14H17NS2/c1-5-11-13(15-14(16)17-11)12-9(3)6-8(2)7-10(12)4/h6-7H,5H2,1-4H3,(H,15,16). The average molecular weight is 263 g/mol. The minimum Gasteiger partial charge on any atom is -0.337 e. The Morgan fingerprint density at radius 3 is 2.29 bits per heavy atom. The van der Waals surface area contributed by atoms with Gasteiger partial charge in [0.25, 0.3) is 0 Å². The summed E-state index contributed by atoms with van der Waals surface area (Å²) in [6, 6.07) is 4.46. The fourth-order valence-electron chi connectivity index (χ4n) is 2.39. The van der Waals surface area contributed by atoms with E-state index in [9.17, 15) is 0 Å². The molecule has 0 aliphatic carbocycles. The third-order valence-electron chi connectivity index (χ3n) is 2.97. The van der Waals surface area contributed by atoms with Gasteiger partial charge >= 0.3 is 0 Å². The van der Waals surface area contributed by atoms with Crippen LogP contribution in [-0.2, 0) is 6.42 Å². The number of aromatic amines is 1. The highest BCUT2D eigenvalue weighted by atomic mass is 32.1. The van der Waals surface area contributed by atoms with Gasteiger partial charge in [-0.15, -0.1) is 11.3 Å². The molecule has 0 saturated heterocycles. The predicted molar refractivity (Wildman–Crippen MR) is 78.5 cm³/mol. The minimum atomic E-state index is 0.872. The molecular formula is C14H17NS2. The Hall–Kier alpha value is -0.930. The molecule has 0 bridgehead atoms. The lowest BCUT2D eigenvalue weighted by molar-refractivity contribution is 1.16. The molecule has 2 rings (SSSR count). The average Bonchev–Trinajstić information content (AvgIpc) is 2.58. The molecule has 1 heterocycles. The van der Waals surface area contributed by atoms with E-state index in [-0.39, 0.29) is 0 Å². The summed E-state index contributed by atoms with van der Waals surface area (Å²) in [7, 11) is 0. The Kier molecular flexibility index (Phi) is 3.50. The lowest BCUT2D eigenvalue weighted by atomic mass is 9.96. The number of benzene rings is 1. The third-order valence-corrected chi connectivity index (χ3v) is 4.35. The first-order valence-corrected chi connectivity index (χ1v) is 7.05. The van der Waals surface area contributed by atoms with Gasteiger partial charge in [-0.25, -0.2) is 0 Å². The monoisotopic (exact) mass is 263 g/mol. The molecule has 0 radical (unpaired) electrons. The number of aromatic nitrogens is 1. The van der Waals surface area contributed by atoms with E-state index in [1.165, 1.54) is 32.8 Å². The predicted octanol–water partition coefficient (Wildman–Crippen LogP) is 4.96. The Morgan fingerprint density at radius 1 is 1.18 bits per heavy atom. The minimum absolute atomic E-state index is 0.872. The molecule has 1 aromatic carbocycles. The van der Waals surface area contributed by atoms with Crippen LogP contribution in [0.15, 0.2) is 12.1 Å². The van der Waals surface area contributed by atoms with E-state index in [2.05, 4.69) is 44.8 Å². The quantitative estimate of drug-likeness (QED) is 0.757. The van der Waals surface area contributed by atoms with Gasteiger partial charge in [-0.1, -0.05) is 24.6 Å². The molecule has 17 heavy (non-hydrogen) atoms. The van der Waals surface area contributed by atoms with Gasteiger partial charge in [0, 0.05) is 10.4 Å². The number of aryl methyl sites for hydroxylation is 4. The Morgan fingerprint density at radius 2 is 1.76 bits per heavy atom. The van der Waals surface area contributed by atoms with Crippen LogP contribution >= 0.6 is 23.6 Å². The highest BCUT2D eigenvalue weighted by molar-refractivity contribution is 7.73. The Balaban J connectivity index is 2.72. The maximum Gasteiger partial charge on any atom is 0.159 e. The van der Waals surface area contributed by atoms with Crippen LogP contribution in [0.3, 0.4) is 0 Å². The molecule has 0 aliphatic heterocycles. The van der Waals surface area contributed by atoms with Gasteiger partial charge in [-0.3, -0.25) is 0 Å². The van der Waals surface area contributed by atoms with E-state index in [1.54, 1.807) is 11.3 Å². The summed E-state index contributed by atoms with van der Waals surface area (Å²) in [4.78, 5) is 4.70. The summed E-state index contributed by atoms with van der Waals surface area (Å²) in [5.74, 6) is 0. The van der Waals surface area contributed by atoms with Crippen molar-refractivity contribution in [2.24, 2.45) is 0 Å². The molecule has 0 aliphatic rings. The van der Waals surface area contributed by atoms with Crippen molar-refractivity contribution in [1.29, 1.82) is 0 Å². The molecule has 1 nitrogen and oxygen atoms in total. The first-order chi connectivity index (χ1) is 8.02. The number of rotatable bonds is 2. The van der Waals surface area contributed by atoms with Crippen LogP contribution in [0.5, 0.6) is 0 Å². The van der Waals surface area contributed by atoms with E-state index in [1.807, 2.05) is 0 Å². The number of thiazole rings is 1. The molecule has 0 amide bonds. The van der Waals surface area contributed by atoms with Crippen molar-refractivity contribution in [3.05, 3.63) is 37.7 Å². The summed E-state index contributed by atoms with van der Waals surface area (Å²) in [5, 5.41) is 0. The van der Waals surface area contributed by atoms with Crippen molar-refractivity contribution in [3.63, 3.8) is 0 Å². The van der Waals surface area contributed by atoms with Crippen molar-refractivity contribution in [1.82, 2.24) is 4.98 Å². The topological polar surface area (TPSA) is 15.8 Å². The Bertz CT molecular complexity index is 582. The third kappa shape index (κ3) is 2.35. The lowest BCUT2D eigenvalue weighted by Gasteiger charge is -2.11. The SMILES string of the molecule is CCc1sc(=S)[nH]c1-c1c(C)cc(C)cc1C. The summed E-state index contributed by atoms with van der Waals surface area (Å²) < 4.78 is 0.872. The second kappa shape index (κ2) is 4.75. The van der Waals surface area contributed by atoms with Gasteiger partial charge in [0.15, 0.2) is 3.95 Å². The largest absolute Gasteiger partial charge is 0.337 e. The first kappa shape index (κ1) is 12.5. The van der Waals surface area contributed by atoms with E-state index < -0.39 is 0 Å². The van der Waals surface area contributed by atoms with Crippen molar-refractivity contribution in [2.45, 2.75) is 34.1 Å². The second-order valence-corrected chi connectivity index (χ2v) is 6.21. The van der Waals surface area contributed by atoms with Crippen LogP contribution in [0, 0.1) is 24.7 Å². The van der Waals surface area contributed by atoms with Crippen LogP contribution in [0.25, 0.3) is 11.3 Å². The summed E-state index contributed by atoms with van der Waals surface area (Å²) in [6.45, 7) is 8.66. The fourth-order valence-corrected chi connectivity index (χ4v) is 3.57. The highest BCUT2D eigenvalue weighted by Crippen LogP contribution is 2.32. The van der Waals surface area contributed by atoms with E-state index in [0.29, 0.717) is 0 Å². The van der Waals surface area contributed by atoms with Crippen molar-refractivity contribution in [2.75, 3.05) is 0 Å². The van der Waals surface area contributed by atoms with Gasteiger partial charge in [0.2, 0.25) is 0 Å².